The van der Waals surface area contributed by atoms with E-state index in [0.29, 0.717) is 13.1 Å². The normalized spacial score (nSPS) is 25.7. The largest absolute Gasteiger partial charge is 0.312 e. The number of rotatable bonds is 3. The number of piperazine rings is 1. The second-order valence-electron chi connectivity index (χ2n) is 3.56. The van der Waals surface area contributed by atoms with Crippen molar-refractivity contribution in [2.45, 2.75) is 19.9 Å². The lowest BCUT2D eigenvalue weighted by atomic mass is 10.3. The summed E-state index contributed by atoms with van der Waals surface area (Å²) in [5.74, 6) is 0.121. The monoisotopic (exact) mass is 218 g/mol. The minimum Gasteiger partial charge on any atom is -0.312 e. The Balaban J connectivity index is 2.62. The first-order valence-corrected chi connectivity index (χ1v) is 6.49. The van der Waals surface area contributed by atoms with Gasteiger partial charge in [0.15, 0.2) is 0 Å². The van der Waals surface area contributed by atoms with Crippen LogP contribution in [-0.4, -0.2) is 44.2 Å². The SMILES string of the molecule is C/C=C/CS(=O)(=O)N1CCN[C@H](C)C1. The molecular weight excluding hydrogens is 200 g/mol. The molecule has 4 nitrogen and oxygen atoms in total. The van der Waals surface area contributed by atoms with Crippen LogP contribution in [0.4, 0.5) is 0 Å². The summed E-state index contributed by atoms with van der Waals surface area (Å²) in [6, 6.07) is 0.254. The average molecular weight is 218 g/mol. The van der Waals surface area contributed by atoms with Gasteiger partial charge in [-0.25, -0.2) is 8.42 Å². The summed E-state index contributed by atoms with van der Waals surface area (Å²) < 4.78 is 25.0. The third kappa shape index (κ3) is 3.08. The van der Waals surface area contributed by atoms with Gasteiger partial charge in [-0.15, -0.1) is 0 Å². The molecule has 1 heterocycles. The summed E-state index contributed by atoms with van der Waals surface area (Å²) in [6.45, 7) is 5.74. The van der Waals surface area contributed by atoms with Gasteiger partial charge in [0.1, 0.15) is 0 Å². The smallest absolute Gasteiger partial charge is 0.217 e. The van der Waals surface area contributed by atoms with Crippen LogP contribution in [0.2, 0.25) is 0 Å². The fraction of sp³-hybridized carbons (Fsp3) is 0.778. The maximum atomic E-state index is 11.7. The molecule has 0 bridgehead atoms. The molecule has 0 aromatic carbocycles. The predicted molar refractivity (Wildman–Crippen MR) is 57.6 cm³/mol. The van der Waals surface area contributed by atoms with Crippen LogP contribution >= 0.6 is 0 Å². The highest BCUT2D eigenvalue weighted by molar-refractivity contribution is 7.89. The summed E-state index contributed by atoms with van der Waals surface area (Å²) in [4.78, 5) is 0. The lowest BCUT2D eigenvalue weighted by molar-refractivity contribution is 0.311. The summed E-state index contributed by atoms with van der Waals surface area (Å²) >= 11 is 0. The van der Waals surface area contributed by atoms with Gasteiger partial charge in [0, 0.05) is 25.7 Å². The molecule has 1 fully saturated rings. The molecule has 82 valence electrons. The fourth-order valence-corrected chi connectivity index (χ4v) is 2.94. The number of hydrogen-bond donors (Lipinski definition) is 1. The molecule has 1 aliphatic heterocycles. The van der Waals surface area contributed by atoms with Crippen molar-refractivity contribution in [3.05, 3.63) is 12.2 Å². The van der Waals surface area contributed by atoms with Gasteiger partial charge in [0.05, 0.1) is 5.75 Å². The topological polar surface area (TPSA) is 49.4 Å². The molecule has 14 heavy (non-hydrogen) atoms. The molecule has 0 aliphatic carbocycles. The molecule has 5 heteroatoms. The zero-order valence-corrected chi connectivity index (χ0v) is 9.55. The molecule has 0 amide bonds. The third-order valence-corrected chi connectivity index (χ3v) is 4.00. The molecule has 0 aromatic heterocycles. The molecule has 0 radical (unpaired) electrons. The molecule has 1 atom stereocenters. The van der Waals surface area contributed by atoms with Crippen LogP contribution in [0.25, 0.3) is 0 Å². The quantitative estimate of drug-likeness (QED) is 0.688. The average Bonchev–Trinajstić information content (AvgIpc) is 2.15. The minimum atomic E-state index is -3.07. The Bertz CT molecular complexity index is 298. The van der Waals surface area contributed by atoms with Crippen molar-refractivity contribution in [3.8, 4) is 0 Å². The van der Waals surface area contributed by atoms with Crippen LogP contribution in [0.3, 0.4) is 0 Å². The molecule has 1 rings (SSSR count). The van der Waals surface area contributed by atoms with Crippen molar-refractivity contribution in [2.24, 2.45) is 0 Å². The molecule has 0 spiro atoms. The molecule has 0 aromatic rings. The van der Waals surface area contributed by atoms with E-state index in [1.54, 1.807) is 16.5 Å². The van der Waals surface area contributed by atoms with Gasteiger partial charge >= 0.3 is 0 Å². The van der Waals surface area contributed by atoms with Crippen molar-refractivity contribution < 1.29 is 8.42 Å². The summed E-state index contributed by atoms with van der Waals surface area (Å²) in [6.07, 6.45) is 3.45. The number of hydrogen-bond acceptors (Lipinski definition) is 3. The van der Waals surface area contributed by atoms with E-state index in [1.807, 2.05) is 13.8 Å². The van der Waals surface area contributed by atoms with E-state index < -0.39 is 10.0 Å². The Kier molecular flexibility index (Phi) is 4.10. The standard InChI is InChI=1S/C9H18N2O2S/c1-3-4-7-14(12,13)11-6-5-10-9(2)8-11/h3-4,9-10H,5-8H2,1-2H3/b4-3+/t9-/m1/s1. The first kappa shape index (κ1) is 11.7. The highest BCUT2D eigenvalue weighted by Crippen LogP contribution is 2.06. The van der Waals surface area contributed by atoms with Gasteiger partial charge in [0.25, 0.3) is 0 Å². The number of nitrogens with one attached hydrogen (secondary N) is 1. The first-order valence-electron chi connectivity index (χ1n) is 4.88. The van der Waals surface area contributed by atoms with E-state index in [-0.39, 0.29) is 11.8 Å². The Morgan fingerprint density at radius 2 is 2.29 bits per heavy atom. The van der Waals surface area contributed by atoms with Gasteiger partial charge in [-0.1, -0.05) is 12.2 Å². The van der Waals surface area contributed by atoms with Crippen molar-refractivity contribution >= 4 is 10.0 Å². The van der Waals surface area contributed by atoms with E-state index in [0.717, 1.165) is 6.54 Å². The third-order valence-electron chi connectivity index (χ3n) is 2.27. The van der Waals surface area contributed by atoms with Crippen LogP contribution in [0.5, 0.6) is 0 Å². The van der Waals surface area contributed by atoms with Crippen molar-refractivity contribution in [1.29, 1.82) is 0 Å². The van der Waals surface area contributed by atoms with Crippen LogP contribution < -0.4 is 5.32 Å². The Morgan fingerprint density at radius 1 is 1.57 bits per heavy atom. The second kappa shape index (κ2) is 4.91. The van der Waals surface area contributed by atoms with Gasteiger partial charge in [-0.2, -0.15) is 4.31 Å². The molecule has 1 saturated heterocycles. The van der Waals surface area contributed by atoms with Gasteiger partial charge in [-0.05, 0) is 13.8 Å². The van der Waals surface area contributed by atoms with Crippen LogP contribution in [0.15, 0.2) is 12.2 Å². The molecule has 1 N–H and O–H groups in total. The van der Waals surface area contributed by atoms with Crippen LogP contribution in [0, 0.1) is 0 Å². The van der Waals surface area contributed by atoms with E-state index in [9.17, 15) is 8.42 Å². The number of nitrogens with zero attached hydrogens (tertiary/aromatic N) is 1. The van der Waals surface area contributed by atoms with E-state index in [2.05, 4.69) is 5.32 Å². The highest BCUT2D eigenvalue weighted by atomic mass is 32.2. The molecule has 0 unspecified atom stereocenters. The molecule has 0 saturated carbocycles. The summed E-state index contributed by atoms with van der Waals surface area (Å²) in [5, 5.41) is 3.22. The lowest BCUT2D eigenvalue weighted by Gasteiger charge is -2.30. The maximum absolute atomic E-state index is 11.7. The maximum Gasteiger partial charge on any atom is 0.217 e. The van der Waals surface area contributed by atoms with Gasteiger partial charge in [-0.3, -0.25) is 0 Å². The fourth-order valence-electron chi connectivity index (χ4n) is 1.47. The van der Waals surface area contributed by atoms with Crippen LogP contribution in [-0.2, 0) is 10.0 Å². The predicted octanol–water partition coefficient (Wildman–Crippen LogP) is 0.186. The molecule has 1 aliphatic rings. The lowest BCUT2D eigenvalue weighted by Crippen LogP contribution is -2.51. The van der Waals surface area contributed by atoms with E-state index in [4.69, 9.17) is 0 Å². The summed E-state index contributed by atoms with van der Waals surface area (Å²) in [5.41, 5.74) is 0. The van der Waals surface area contributed by atoms with Gasteiger partial charge < -0.3 is 5.32 Å². The minimum absolute atomic E-state index is 0.121. The van der Waals surface area contributed by atoms with Gasteiger partial charge in [0.2, 0.25) is 10.0 Å². The van der Waals surface area contributed by atoms with E-state index in [1.165, 1.54) is 0 Å². The highest BCUT2D eigenvalue weighted by Gasteiger charge is 2.25. The summed E-state index contributed by atoms with van der Waals surface area (Å²) in [7, 11) is -3.07. The van der Waals surface area contributed by atoms with Crippen molar-refractivity contribution in [1.82, 2.24) is 9.62 Å². The zero-order chi connectivity index (χ0) is 10.6. The first-order chi connectivity index (χ1) is 6.56. The Morgan fingerprint density at radius 3 is 2.86 bits per heavy atom. The Hall–Kier alpha value is -0.390. The second-order valence-corrected chi connectivity index (χ2v) is 5.57. The van der Waals surface area contributed by atoms with Crippen LogP contribution in [0.1, 0.15) is 13.8 Å². The van der Waals surface area contributed by atoms with Crippen molar-refractivity contribution in [3.63, 3.8) is 0 Å². The number of sulfonamides is 1. The molecular formula is C9H18N2O2S. The van der Waals surface area contributed by atoms with Crippen molar-refractivity contribution in [2.75, 3.05) is 25.4 Å². The zero-order valence-electron chi connectivity index (χ0n) is 8.73. The number of allylic oxidation sites excluding steroid dienone is 1. The Labute approximate surface area is 86.0 Å². The van der Waals surface area contributed by atoms with E-state index >= 15 is 0 Å².